The van der Waals surface area contributed by atoms with Gasteiger partial charge in [-0.3, -0.25) is 0 Å². The van der Waals surface area contributed by atoms with Crippen LogP contribution >= 0.6 is 0 Å². The summed E-state index contributed by atoms with van der Waals surface area (Å²) in [4.78, 5) is 0. The molecule has 0 radical (unpaired) electrons. The fourth-order valence-electron chi connectivity index (χ4n) is 3.84. The van der Waals surface area contributed by atoms with Gasteiger partial charge in [0.2, 0.25) is 0 Å². The van der Waals surface area contributed by atoms with Gasteiger partial charge in [-0.05, 0) is 51.4 Å². The van der Waals surface area contributed by atoms with Crippen LogP contribution < -0.4 is 5.32 Å². The van der Waals surface area contributed by atoms with Crippen LogP contribution in [0.3, 0.4) is 0 Å². The minimum atomic E-state index is 0.0674. The molecule has 1 saturated carbocycles. The Morgan fingerprint density at radius 1 is 1.11 bits per heavy atom. The smallest absolute Gasteiger partial charge is 0.0641 e. The molecule has 1 aliphatic carbocycles. The highest BCUT2D eigenvalue weighted by Crippen LogP contribution is 2.32. The van der Waals surface area contributed by atoms with Gasteiger partial charge in [0, 0.05) is 18.7 Å². The van der Waals surface area contributed by atoms with Crippen molar-refractivity contribution < 1.29 is 4.74 Å². The summed E-state index contributed by atoms with van der Waals surface area (Å²) >= 11 is 0. The van der Waals surface area contributed by atoms with Gasteiger partial charge in [-0.15, -0.1) is 0 Å². The first-order valence-corrected chi connectivity index (χ1v) is 7.88. The lowest BCUT2D eigenvalue weighted by Crippen LogP contribution is -2.51. The number of nitrogens with one attached hydrogen (secondary N) is 1. The predicted octanol–water partition coefficient (Wildman–Crippen LogP) is 3.75. The monoisotopic (exact) mass is 253 g/mol. The molecule has 2 nitrogen and oxygen atoms in total. The van der Waals surface area contributed by atoms with Crippen molar-refractivity contribution in [3.8, 4) is 0 Å². The van der Waals surface area contributed by atoms with Gasteiger partial charge in [0.05, 0.1) is 5.60 Å². The lowest BCUT2D eigenvalue weighted by Gasteiger charge is -2.41. The van der Waals surface area contributed by atoms with E-state index in [4.69, 9.17) is 4.74 Å². The highest BCUT2D eigenvalue weighted by molar-refractivity contribution is 4.89. The second-order valence-corrected chi connectivity index (χ2v) is 7.26. The number of ether oxygens (including phenoxy) is 1. The summed E-state index contributed by atoms with van der Waals surface area (Å²) in [6.07, 6.45) is 7.98. The maximum absolute atomic E-state index is 5.82. The molecular weight excluding hydrogens is 222 g/mol. The molecule has 1 aliphatic heterocycles. The summed E-state index contributed by atoms with van der Waals surface area (Å²) in [6.45, 7) is 10.1. The summed E-state index contributed by atoms with van der Waals surface area (Å²) < 4.78 is 5.82. The van der Waals surface area contributed by atoms with E-state index in [0.717, 1.165) is 30.9 Å². The fourth-order valence-corrected chi connectivity index (χ4v) is 3.84. The van der Waals surface area contributed by atoms with E-state index in [-0.39, 0.29) is 5.60 Å². The van der Waals surface area contributed by atoms with E-state index in [1.54, 1.807) is 0 Å². The molecule has 1 saturated heterocycles. The molecule has 3 unspecified atom stereocenters. The SMILES string of the molecule is CC(C)C1CCCCC1NC1CCOC(C)(C)C1. The Hall–Kier alpha value is -0.0800. The highest BCUT2D eigenvalue weighted by Gasteiger charge is 2.33. The van der Waals surface area contributed by atoms with E-state index in [1.807, 2.05) is 0 Å². The van der Waals surface area contributed by atoms with E-state index in [9.17, 15) is 0 Å². The largest absolute Gasteiger partial charge is 0.375 e. The van der Waals surface area contributed by atoms with Gasteiger partial charge >= 0.3 is 0 Å². The Kier molecular flexibility index (Phi) is 4.71. The minimum absolute atomic E-state index is 0.0674. The van der Waals surface area contributed by atoms with Gasteiger partial charge in [-0.1, -0.05) is 26.7 Å². The van der Waals surface area contributed by atoms with E-state index >= 15 is 0 Å². The topological polar surface area (TPSA) is 21.3 Å². The highest BCUT2D eigenvalue weighted by atomic mass is 16.5. The van der Waals surface area contributed by atoms with Gasteiger partial charge in [0.25, 0.3) is 0 Å². The Balaban J connectivity index is 1.90. The number of hydrogen-bond donors (Lipinski definition) is 1. The molecule has 0 aromatic rings. The van der Waals surface area contributed by atoms with Crippen molar-refractivity contribution in [3.63, 3.8) is 0 Å². The number of rotatable bonds is 3. The molecule has 2 aliphatic rings. The quantitative estimate of drug-likeness (QED) is 0.827. The van der Waals surface area contributed by atoms with Gasteiger partial charge in [-0.25, -0.2) is 0 Å². The van der Waals surface area contributed by atoms with Crippen molar-refractivity contribution in [1.82, 2.24) is 5.32 Å². The molecular formula is C16H31NO. The summed E-state index contributed by atoms with van der Waals surface area (Å²) in [5.41, 5.74) is 0.0674. The van der Waals surface area contributed by atoms with Crippen LogP contribution in [-0.2, 0) is 4.74 Å². The zero-order valence-electron chi connectivity index (χ0n) is 12.7. The fraction of sp³-hybridized carbons (Fsp3) is 1.00. The van der Waals surface area contributed by atoms with Crippen LogP contribution in [0.4, 0.5) is 0 Å². The van der Waals surface area contributed by atoms with E-state index in [2.05, 4.69) is 33.0 Å². The third kappa shape index (κ3) is 3.71. The summed E-state index contributed by atoms with van der Waals surface area (Å²) in [5.74, 6) is 1.69. The van der Waals surface area contributed by atoms with E-state index < -0.39 is 0 Å². The Labute approximate surface area is 113 Å². The van der Waals surface area contributed by atoms with Crippen LogP contribution in [0.2, 0.25) is 0 Å². The van der Waals surface area contributed by atoms with E-state index in [0.29, 0.717) is 6.04 Å². The number of hydrogen-bond acceptors (Lipinski definition) is 2. The first-order chi connectivity index (χ1) is 8.48. The molecule has 1 N–H and O–H groups in total. The van der Waals surface area contributed by atoms with Crippen molar-refractivity contribution in [2.75, 3.05) is 6.61 Å². The minimum Gasteiger partial charge on any atom is -0.375 e. The first kappa shape index (κ1) is 14.3. The molecule has 1 heterocycles. The molecule has 2 heteroatoms. The first-order valence-electron chi connectivity index (χ1n) is 7.88. The maximum Gasteiger partial charge on any atom is 0.0641 e. The van der Waals surface area contributed by atoms with Gasteiger partial charge in [0.1, 0.15) is 0 Å². The average Bonchev–Trinajstić information content (AvgIpc) is 2.28. The molecule has 106 valence electrons. The normalized spacial score (nSPS) is 36.8. The van der Waals surface area contributed by atoms with Crippen LogP contribution in [-0.4, -0.2) is 24.3 Å². The van der Waals surface area contributed by atoms with Crippen molar-refractivity contribution in [2.24, 2.45) is 11.8 Å². The zero-order valence-corrected chi connectivity index (χ0v) is 12.7. The van der Waals surface area contributed by atoms with E-state index in [1.165, 1.54) is 32.1 Å². The van der Waals surface area contributed by atoms with Gasteiger partial charge < -0.3 is 10.1 Å². The van der Waals surface area contributed by atoms with Crippen LogP contribution in [0.25, 0.3) is 0 Å². The van der Waals surface area contributed by atoms with Gasteiger partial charge in [0.15, 0.2) is 0 Å². The summed E-state index contributed by atoms with van der Waals surface area (Å²) in [5, 5.41) is 3.96. The molecule has 0 aromatic heterocycles. The Bertz CT molecular complexity index is 262. The van der Waals surface area contributed by atoms with Gasteiger partial charge in [-0.2, -0.15) is 0 Å². The Morgan fingerprint density at radius 2 is 1.83 bits per heavy atom. The van der Waals surface area contributed by atoms with Crippen molar-refractivity contribution in [2.45, 2.75) is 83.9 Å². The molecule has 0 aromatic carbocycles. The molecule has 18 heavy (non-hydrogen) atoms. The second-order valence-electron chi connectivity index (χ2n) is 7.26. The molecule has 2 fully saturated rings. The zero-order chi connectivity index (χ0) is 13.2. The lowest BCUT2D eigenvalue weighted by molar-refractivity contribution is -0.0659. The molecule has 0 amide bonds. The van der Waals surface area contributed by atoms with Crippen LogP contribution in [0.5, 0.6) is 0 Å². The average molecular weight is 253 g/mol. The molecule has 0 bridgehead atoms. The third-order valence-electron chi connectivity index (χ3n) is 4.82. The van der Waals surface area contributed by atoms with Crippen LogP contribution in [0, 0.1) is 11.8 Å². The summed E-state index contributed by atoms with van der Waals surface area (Å²) in [7, 11) is 0. The van der Waals surface area contributed by atoms with Crippen molar-refractivity contribution in [1.29, 1.82) is 0 Å². The van der Waals surface area contributed by atoms with Crippen molar-refractivity contribution in [3.05, 3.63) is 0 Å². The standard InChI is InChI=1S/C16H31NO/c1-12(2)14-7-5-6-8-15(14)17-13-9-10-18-16(3,4)11-13/h12-15,17H,5-11H2,1-4H3. The summed E-state index contributed by atoms with van der Waals surface area (Å²) in [6, 6.07) is 1.41. The Morgan fingerprint density at radius 3 is 2.50 bits per heavy atom. The second kappa shape index (κ2) is 5.92. The van der Waals surface area contributed by atoms with Crippen molar-refractivity contribution >= 4 is 0 Å². The maximum atomic E-state index is 5.82. The lowest BCUT2D eigenvalue weighted by atomic mass is 9.77. The third-order valence-corrected chi connectivity index (χ3v) is 4.82. The molecule has 3 atom stereocenters. The van der Waals surface area contributed by atoms with Crippen LogP contribution in [0.15, 0.2) is 0 Å². The molecule has 0 spiro atoms. The predicted molar refractivity (Wildman–Crippen MR) is 76.8 cm³/mol. The molecule has 2 rings (SSSR count). The van der Waals surface area contributed by atoms with Crippen LogP contribution in [0.1, 0.15) is 66.2 Å².